The van der Waals surface area contributed by atoms with Crippen molar-refractivity contribution < 1.29 is 4.92 Å². The van der Waals surface area contributed by atoms with Gasteiger partial charge in [-0.2, -0.15) is 5.10 Å². The second kappa shape index (κ2) is 5.20. The molecule has 5 heteroatoms. The molecular weight excluding hydrogens is 266 g/mol. The summed E-state index contributed by atoms with van der Waals surface area (Å²) in [6.45, 7) is 2.05. The SMILES string of the molecule is Cc1ccccc1-c1cnn(-c2ccc([N+](=O)[O-])cc2)c1. The Morgan fingerprint density at radius 3 is 2.48 bits per heavy atom. The number of nitro groups is 1. The van der Waals surface area contributed by atoms with E-state index in [1.807, 2.05) is 24.4 Å². The zero-order chi connectivity index (χ0) is 14.8. The van der Waals surface area contributed by atoms with Crippen LogP contribution in [0.3, 0.4) is 0 Å². The molecule has 0 fully saturated rings. The molecule has 21 heavy (non-hydrogen) atoms. The summed E-state index contributed by atoms with van der Waals surface area (Å²) in [5, 5.41) is 15.0. The van der Waals surface area contributed by atoms with Crippen LogP contribution < -0.4 is 0 Å². The molecule has 0 saturated carbocycles. The van der Waals surface area contributed by atoms with Gasteiger partial charge in [0.2, 0.25) is 0 Å². The fourth-order valence-electron chi connectivity index (χ4n) is 2.23. The molecule has 0 unspecified atom stereocenters. The Morgan fingerprint density at radius 1 is 1.10 bits per heavy atom. The number of rotatable bonds is 3. The van der Waals surface area contributed by atoms with Crippen LogP contribution in [-0.2, 0) is 0 Å². The molecular formula is C16H13N3O2. The molecule has 3 rings (SSSR count). The minimum Gasteiger partial charge on any atom is -0.258 e. The predicted octanol–water partition coefficient (Wildman–Crippen LogP) is 3.76. The molecule has 104 valence electrons. The van der Waals surface area contributed by atoms with Crippen LogP contribution in [0.2, 0.25) is 0 Å². The summed E-state index contributed by atoms with van der Waals surface area (Å²) in [5.74, 6) is 0. The molecule has 0 atom stereocenters. The number of hydrogen-bond acceptors (Lipinski definition) is 3. The van der Waals surface area contributed by atoms with Crippen molar-refractivity contribution in [2.75, 3.05) is 0 Å². The fraction of sp³-hybridized carbons (Fsp3) is 0.0625. The molecule has 0 aliphatic carbocycles. The first-order valence-corrected chi connectivity index (χ1v) is 6.50. The maximum atomic E-state index is 10.7. The van der Waals surface area contributed by atoms with Gasteiger partial charge in [0.1, 0.15) is 0 Å². The van der Waals surface area contributed by atoms with Crippen LogP contribution in [0.15, 0.2) is 60.9 Å². The first kappa shape index (κ1) is 13.1. The molecule has 0 aliphatic rings. The maximum Gasteiger partial charge on any atom is 0.269 e. The third-order valence-corrected chi connectivity index (χ3v) is 3.36. The molecule has 3 aromatic rings. The number of benzene rings is 2. The van der Waals surface area contributed by atoms with Crippen molar-refractivity contribution >= 4 is 5.69 Å². The number of aryl methyl sites for hydroxylation is 1. The highest BCUT2D eigenvalue weighted by Gasteiger charge is 2.08. The lowest BCUT2D eigenvalue weighted by Gasteiger charge is -2.02. The quantitative estimate of drug-likeness (QED) is 0.541. The molecule has 0 aliphatic heterocycles. The molecule has 0 radical (unpaired) electrons. The second-order valence-corrected chi connectivity index (χ2v) is 4.76. The van der Waals surface area contributed by atoms with Gasteiger partial charge in [-0.25, -0.2) is 4.68 Å². The van der Waals surface area contributed by atoms with Crippen LogP contribution in [0.4, 0.5) is 5.69 Å². The van der Waals surface area contributed by atoms with Crippen LogP contribution in [0, 0.1) is 17.0 Å². The molecule has 0 amide bonds. The van der Waals surface area contributed by atoms with Crippen LogP contribution in [-0.4, -0.2) is 14.7 Å². The van der Waals surface area contributed by atoms with Gasteiger partial charge in [0, 0.05) is 23.9 Å². The smallest absolute Gasteiger partial charge is 0.258 e. The summed E-state index contributed by atoms with van der Waals surface area (Å²) < 4.78 is 1.71. The fourth-order valence-corrected chi connectivity index (χ4v) is 2.23. The van der Waals surface area contributed by atoms with Crippen LogP contribution >= 0.6 is 0 Å². The number of non-ortho nitro benzene ring substituents is 1. The average molecular weight is 279 g/mol. The third-order valence-electron chi connectivity index (χ3n) is 3.36. The molecule has 2 aromatic carbocycles. The van der Waals surface area contributed by atoms with E-state index in [2.05, 4.69) is 18.1 Å². The van der Waals surface area contributed by atoms with E-state index in [0.717, 1.165) is 16.8 Å². The third kappa shape index (κ3) is 2.53. The van der Waals surface area contributed by atoms with Gasteiger partial charge in [0.15, 0.2) is 0 Å². The van der Waals surface area contributed by atoms with Crippen molar-refractivity contribution in [3.8, 4) is 16.8 Å². The van der Waals surface area contributed by atoms with E-state index in [1.54, 1.807) is 23.0 Å². The van der Waals surface area contributed by atoms with E-state index in [1.165, 1.54) is 17.7 Å². The van der Waals surface area contributed by atoms with Gasteiger partial charge in [-0.15, -0.1) is 0 Å². The number of nitro benzene ring substituents is 1. The summed E-state index contributed by atoms with van der Waals surface area (Å²) >= 11 is 0. The lowest BCUT2D eigenvalue weighted by Crippen LogP contribution is -1.94. The largest absolute Gasteiger partial charge is 0.269 e. The van der Waals surface area contributed by atoms with Gasteiger partial charge < -0.3 is 0 Å². The lowest BCUT2D eigenvalue weighted by molar-refractivity contribution is -0.384. The molecule has 0 bridgehead atoms. The number of nitrogens with zero attached hydrogens (tertiary/aromatic N) is 3. The van der Waals surface area contributed by atoms with Crippen molar-refractivity contribution in [3.05, 3.63) is 76.6 Å². The summed E-state index contributed by atoms with van der Waals surface area (Å²) in [6, 6.07) is 14.4. The van der Waals surface area contributed by atoms with Crippen molar-refractivity contribution in [1.82, 2.24) is 9.78 Å². The minimum absolute atomic E-state index is 0.0741. The Bertz CT molecular complexity index is 791. The Kier molecular flexibility index (Phi) is 3.23. The Morgan fingerprint density at radius 2 is 1.81 bits per heavy atom. The summed E-state index contributed by atoms with van der Waals surface area (Å²) in [4.78, 5) is 10.2. The first-order valence-electron chi connectivity index (χ1n) is 6.50. The van der Waals surface area contributed by atoms with Gasteiger partial charge in [0.05, 0.1) is 16.8 Å². The van der Waals surface area contributed by atoms with Crippen LogP contribution in [0.25, 0.3) is 16.8 Å². The molecule has 0 saturated heterocycles. The Labute approximate surface area is 121 Å². The monoisotopic (exact) mass is 279 g/mol. The molecule has 5 nitrogen and oxygen atoms in total. The Balaban J connectivity index is 1.95. The van der Waals surface area contributed by atoms with E-state index in [9.17, 15) is 10.1 Å². The van der Waals surface area contributed by atoms with E-state index in [-0.39, 0.29) is 5.69 Å². The second-order valence-electron chi connectivity index (χ2n) is 4.76. The summed E-state index contributed by atoms with van der Waals surface area (Å²) in [5.41, 5.74) is 4.20. The van der Waals surface area contributed by atoms with E-state index >= 15 is 0 Å². The number of aromatic nitrogens is 2. The zero-order valence-electron chi connectivity index (χ0n) is 11.4. The molecule has 1 heterocycles. The lowest BCUT2D eigenvalue weighted by atomic mass is 10.0. The summed E-state index contributed by atoms with van der Waals surface area (Å²) in [7, 11) is 0. The van der Waals surface area contributed by atoms with Gasteiger partial charge in [-0.3, -0.25) is 10.1 Å². The highest BCUT2D eigenvalue weighted by atomic mass is 16.6. The first-order chi connectivity index (χ1) is 10.1. The zero-order valence-corrected chi connectivity index (χ0v) is 11.4. The minimum atomic E-state index is -0.411. The van der Waals surface area contributed by atoms with Gasteiger partial charge >= 0.3 is 0 Å². The van der Waals surface area contributed by atoms with E-state index < -0.39 is 4.92 Å². The van der Waals surface area contributed by atoms with Gasteiger partial charge in [0.25, 0.3) is 5.69 Å². The van der Waals surface area contributed by atoms with Crippen LogP contribution in [0.1, 0.15) is 5.56 Å². The average Bonchev–Trinajstić information content (AvgIpc) is 2.97. The summed E-state index contributed by atoms with van der Waals surface area (Å²) in [6.07, 6.45) is 3.72. The molecule has 0 spiro atoms. The van der Waals surface area contributed by atoms with Crippen molar-refractivity contribution in [2.45, 2.75) is 6.92 Å². The molecule has 1 aromatic heterocycles. The normalized spacial score (nSPS) is 10.5. The predicted molar refractivity (Wildman–Crippen MR) is 80.4 cm³/mol. The van der Waals surface area contributed by atoms with Gasteiger partial charge in [-0.05, 0) is 30.2 Å². The highest BCUT2D eigenvalue weighted by molar-refractivity contribution is 5.66. The molecule has 0 N–H and O–H groups in total. The van der Waals surface area contributed by atoms with Crippen LogP contribution in [0.5, 0.6) is 0 Å². The Hall–Kier alpha value is -2.95. The topological polar surface area (TPSA) is 61.0 Å². The standard InChI is InChI=1S/C16H13N3O2/c1-12-4-2-3-5-16(12)13-10-17-18(11-13)14-6-8-15(9-7-14)19(20)21/h2-11H,1H3. The maximum absolute atomic E-state index is 10.7. The van der Waals surface area contributed by atoms with Gasteiger partial charge in [-0.1, -0.05) is 24.3 Å². The van der Waals surface area contributed by atoms with E-state index in [4.69, 9.17) is 0 Å². The van der Waals surface area contributed by atoms with Crippen molar-refractivity contribution in [3.63, 3.8) is 0 Å². The van der Waals surface area contributed by atoms with Crippen molar-refractivity contribution in [2.24, 2.45) is 0 Å². The highest BCUT2D eigenvalue weighted by Crippen LogP contribution is 2.24. The van der Waals surface area contributed by atoms with E-state index in [0.29, 0.717) is 0 Å². The van der Waals surface area contributed by atoms with Crippen molar-refractivity contribution in [1.29, 1.82) is 0 Å². The number of hydrogen-bond donors (Lipinski definition) is 0.